The Labute approximate surface area is 187 Å². The van der Waals surface area contributed by atoms with Crippen LogP contribution in [-0.2, 0) is 31.7 Å². The molecule has 0 bridgehead atoms. The van der Waals surface area contributed by atoms with Gasteiger partial charge in [-0.3, -0.25) is 27.9 Å². The number of aliphatic hydroxyl groups is 2. The second-order valence-electron chi connectivity index (χ2n) is 6.92. The number of rotatable bonds is 11. The first-order valence-corrected chi connectivity index (χ1v) is 12.7. The van der Waals surface area contributed by atoms with E-state index in [2.05, 4.69) is 20.0 Å². The molecule has 4 unspecified atom stereocenters. The molecule has 1 fully saturated rings. The number of nitrogen functional groups attached to an aromatic ring is 1. The van der Waals surface area contributed by atoms with Gasteiger partial charge in [-0.25, -0.2) is 19.2 Å². The fourth-order valence-corrected chi connectivity index (χ4v) is 6.07. The summed E-state index contributed by atoms with van der Waals surface area (Å²) in [6.45, 7) is 1.47. The van der Waals surface area contributed by atoms with Crippen molar-refractivity contribution in [1.29, 1.82) is 0 Å². The number of imidazole rings is 1. The van der Waals surface area contributed by atoms with Crippen molar-refractivity contribution in [3.05, 3.63) is 16.7 Å². The molecule has 33 heavy (non-hydrogen) atoms. The molecule has 1 saturated heterocycles. The van der Waals surface area contributed by atoms with Gasteiger partial charge < -0.3 is 20.7 Å². The van der Waals surface area contributed by atoms with E-state index in [9.17, 15) is 24.1 Å². The third-order valence-corrected chi connectivity index (χ3v) is 8.35. The van der Waals surface area contributed by atoms with Crippen molar-refractivity contribution < 1.29 is 42.0 Å². The molecule has 2 aromatic heterocycles. The highest BCUT2D eigenvalue weighted by atomic mass is 31.3. The van der Waals surface area contributed by atoms with E-state index in [1.54, 1.807) is 0 Å². The second-order valence-corrected chi connectivity index (χ2v) is 10.8. The Bertz CT molecular complexity index is 1120. The Morgan fingerprint density at radius 1 is 1.30 bits per heavy atom. The van der Waals surface area contributed by atoms with Crippen molar-refractivity contribution in [2.24, 2.45) is 0 Å². The van der Waals surface area contributed by atoms with Crippen LogP contribution in [-0.4, -0.2) is 75.4 Å². The molecule has 0 aromatic carbocycles. The van der Waals surface area contributed by atoms with E-state index >= 15 is 0 Å². The molecule has 18 heteroatoms. The molecule has 3 rings (SSSR count). The SMILES string of the molecule is CCCNP(=O)(OC)OP(=O)(OC)OC[C@H]1O[C@@H](n2cnc3c(=O)[nH]c(N)nc32)C(O)C1O. The van der Waals surface area contributed by atoms with E-state index in [4.69, 9.17) is 28.4 Å². The summed E-state index contributed by atoms with van der Waals surface area (Å²) in [5.74, 6) is -0.181. The molecule has 0 spiro atoms. The van der Waals surface area contributed by atoms with E-state index in [1.165, 1.54) is 10.9 Å². The Hall–Kier alpha value is -1.71. The first-order chi connectivity index (χ1) is 15.6. The quantitative estimate of drug-likeness (QED) is 0.247. The average molecular weight is 512 g/mol. The Balaban J connectivity index is 1.74. The standard InChI is InChI=1S/C15H26N6O10P2/c1-4-5-18-32(25,27-2)31-33(26,28-3)29-6-8-10(22)11(23)14(30-8)21-7-17-9-12(21)19-15(16)20-13(9)24/h7-8,10-11,14,22-23H,4-6H2,1-3H3,(H,18,25)(H3,16,19,20,24)/t8-,10?,11?,14-,32?,33?/m1/s1. The van der Waals surface area contributed by atoms with E-state index in [0.717, 1.165) is 14.2 Å². The number of ether oxygens (including phenoxy) is 1. The first kappa shape index (κ1) is 25.9. The highest BCUT2D eigenvalue weighted by Crippen LogP contribution is 2.63. The largest absolute Gasteiger partial charge is 0.482 e. The number of aliphatic hydroxyl groups excluding tert-OH is 2. The molecule has 0 amide bonds. The monoisotopic (exact) mass is 512 g/mol. The van der Waals surface area contributed by atoms with Crippen LogP contribution < -0.4 is 16.4 Å². The van der Waals surface area contributed by atoms with Gasteiger partial charge in [-0.05, 0) is 6.42 Å². The minimum atomic E-state index is -4.43. The number of aromatic nitrogens is 4. The lowest BCUT2D eigenvalue weighted by Gasteiger charge is -2.23. The number of nitrogens with zero attached hydrogens (tertiary/aromatic N) is 3. The number of aromatic amines is 1. The number of H-pyrrole nitrogens is 1. The van der Waals surface area contributed by atoms with Gasteiger partial charge in [0, 0.05) is 20.8 Å². The van der Waals surface area contributed by atoms with Crippen LogP contribution in [0.25, 0.3) is 11.2 Å². The molecule has 3 heterocycles. The molecule has 16 nitrogen and oxygen atoms in total. The molecule has 0 aliphatic carbocycles. The van der Waals surface area contributed by atoms with Gasteiger partial charge in [-0.15, -0.1) is 0 Å². The van der Waals surface area contributed by atoms with Crippen molar-refractivity contribution in [2.45, 2.75) is 37.9 Å². The number of phosphoric acid groups is 1. The maximum atomic E-state index is 12.8. The summed E-state index contributed by atoms with van der Waals surface area (Å²) in [6, 6.07) is 0. The Morgan fingerprint density at radius 2 is 2.03 bits per heavy atom. The first-order valence-electron chi connectivity index (χ1n) is 9.73. The summed E-state index contributed by atoms with van der Waals surface area (Å²) < 4.78 is 51.9. The average Bonchev–Trinajstić information content (AvgIpc) is 3.32. The van der Waals surface area contributed by atoms with Gasteiger partial charge in [-0.1, -0.05) is 6.92 Å². The van der Waals surface area contributed by atoms with E-state index < -0.39 is 52.3 Å². The van der Waals surface area contributed by atoms with Crippen LogP contribution in [0.15, 0.2) is 11.1 Å². The third-order valence-electron chi connectivity index (χ3n) is 4.69. The third kappa shape index (κ3) is 5.52. The van der Waals surface area contributed by atoms with Gasteiger partial charge in [0.05, 0.1) is 12.9 Å². The van der Waals surface area contributed by atoms with E-state index in [-0.39, 0.29) is 23.7 Å². The summed E-state index contributed by atoms with van der Waals surface area (Å²) in [5.41, 5.74) is 4.93. The van der Waals surface area contributed by atoms with Gasteiger partial charge in [0.2, 0.25) is 5.95 Å². The summed E-state index contributed by atoms with van der Waals surface area (Å²) >= 11 is 0. The van der Waals surface area contributed by atoms with Gasteiger partial charge >= 0.3 is 15.6 Å². The highest BCUT2D eigenvalue weighted by Gasteiger charge is 2.46. The zero-order chi connectivity index (χ0) is 24.4. The predicted molar refractivity (Wildman–Crippen MR) is 113 cm³/mol. The van der Waals surface area contributed by atoms with Gasteiger partial charge in [0.15, 0.2) is 17.4 Å². The molecule has 1 aliphatic heterocycles. The molecule has 2 aromatic rings. The highest BCUT2D eigenvalue weighted by molar-refractivity contribution is 7.63. The summed E-state index contributed by atoms with van der Waals surface area (Å²) in [6.07, 6.45) is -3.69. The van der Waals surface area contributed by atoms with E-state index in [0.29, 0.717) is 6.42 Å². The molecule has 6 atom stereocenters. The molecular weight excluding hydrogens is 486 g/mol. The Kier molecular flexibility index (Phi) is 8.07. The number of nitrogens with one attached hydrogen (secondary N) is 2. The molecule has 1 aliphatic rings. The number of phosphoric ester groups is 1. The lowest BCUT2D eigenvalue weighted by Crippen LogP contribution is -2.33. The lowest BCUT2D eigenvalue weighted by molar-refractivity contribution is -0.0507. The number of anilines is 1. The van der Waals surface area contributed by atoms with Crippen LogP contribution in [0.4, 0.5) is 5.95 Å². The van der Waals surface area contributed by atoms with Crippen LogP contribution in [0.1, 0.15) is 19.6 Å². The van der Waals surface area contributed by atoms with Gasteiger partial charge in [0.25, 0.3) is 5.56 Å². The summed E-state index contributed by atoms with van der Waals surface area (Å²) in [7, 11) is -6.34. The Morgan fingerprint density at radius 3 is 2.67 bits per heavy atom. The molecule has 0 radical (unpaired) electrons. The number of fused-ring (bicyclic) bond motifs is 1. The van der Waals surface area contributed by atoms with E-state index in [1.807, 2.05) is 6.92 Å². The predicted octanol–water partition coefficient (Wildman–Crippen LogP) is -0.137. The van der Waals surface area contributed by atoms with Crippen molar-refractivity contribution in [2.75, 3.05) is 33.1 Å². The maximum Gasteiger partial charge on any atom is 0.482 e. The smallest absolute Gasteiger partial charge is 0.387 e. The zero-order valence-electron chi connectivity index (χ0n) is 18.0. The second kappa shape index (κ2) is 10.3. The fourth-order valence-electron chi connectivity index (χ4n) is 3.01. The summed E-state index contributed by atoms with van der Waals surface area (Å²) in [5, 5.41) is 23.4. The number of hydrogen-bond acceptors (Lipinski definition) is 13. The minimum Gasteiger partial charge on any atom is -0.387 e. The lowest BCUT2D eigenvalue weighted by atomic mass is 10.1. The van der Waals surface area contributed by atoms with Crippen molar-refractivity contribution >= 4 is 32.7 Å². The van der Waals surface area contributed by atoms with Crippen LogP contribution >= 0.6 is 15.6 Å². The van der Waals surface area contributed by atoms with Crippen LogP contribution in [0.3, 0.4) is 0 Å². The van der Waals surface area contributed by atoms with Gasteiger partial charge in [0.1, 0.15) is 18.3 Å². The van der Waals surface area contributed by atoms with Gasteiger partial charge in [-0.2, -0.15) is 9.29 Å². The topological polar surface area (TPSA) is 222 Å². The van der Waals surface area contributed by atoms with Crippen molar-refractivity contribution in [1.82, 2.24) is 24.6 Å². The zero-order valence-corrected chi connectivity index (χ0v) is 19.8. The fraction of sp³-hybridized carbons (Fsp3) is 0.667. The van der Waals surface area contributed by atoms with Crippen LogP contribution in [0.2, 0.25) is 0 Å². The molecular formula is C15H26N6O10P2. The molecule has 6 N–H and O–H groups in total. The number of hydrogen-bond donors (Lipinski definition) is 5. The van der Waals surface area contributed by atoms with Crippen LogP contribution in [0, 0.1) is 0 Å². The molecule has 186 valence electrons. The molecule has 0 saturated carbocycles. The van der Waals surface area contributed by atoms with Crippen molar-refractivity contribution in [3.8, 4) is 0 Å². The normalized spacial score (nSPS) is 26.9. The number of nitrogens with two attached hydrogens (primary N) is 1. The summed E-state index contributed by atoms with van der Waals surface area (Å²) in [4.78, 5) is 22.2. The van der Waals surface area contributed by atoms with Crippen molar-refractivity contribution in [3.63, 3.8) is 0 Å². The minimum absolute atomic E-state index is 0.0167. The van der Waals surface area contributed by atoms with Crippen LogP contribution in [0.5, 0.6) is 0 Å². The maximum absolute atomic E-state index is 12.8.